The number of halogens is 2. The van der Waals surface area contributed by atoms with E-state index in [0.29, 0.717) is 5.88 Å². The highest BCUT2D eigenvalue weighted by atomic mass is 35.5. The van der Waals surface area contributed by atoms with Gasteiger partial charge in [-0.2, -0.15) is 0 Å². The van der Waals surface area contributed by atoms with Crippen molar-refractivity contribution in [3.05, 3.63) is 58.9 Å². The quantitative estimate of drug-likeness (QED) is 0.637. The molecule has 0 radical (unpaired) electrons. The summed E-state index contributed by atoms with van der Waals surface area (Å²) in [7, 11) is 0. The third-order valence-corrected chi connectivity index (χ3v) is 3.72. The van der Waals surface area contributed by atoms with Gasteiger partial charge in [-0.15, -0.1) is 11.6 Å². The van der Waals surface area contributed by atoms with Crippen molar-refractivity contribution < 1.29 is 0 Å². The zero-order valence-corrected chi connectivity index (χ0v) is 12.6. The molecule has 3 rings (SSSR count). The largest absolute Gasteiger partial charge is 0.296 e. The molecule has 0 unspecified atom stereocenters. The average Bonchev–Trinajstić information content (AvgIpc) is 2.77. The van der Waals surface area contributed by atoms with Gasteiger partial charge in [0, 0.05) is 23.0 Å². The zero-order valence-electron chi connectivity index (χ0n) is 11.1. The van der Waals surface area contributed by atoms with E-state index >= 15 is 0 Å². The summed E-state index contributed by atoms with van der Waals surface area (Å²) < 4.78 is 2.15. The molecule has 0 saturated carbocycles. The van der Waals surface area contributed by atoms with Crippen molar-refractivity contribution in [1.82, 2.24) is 9.55 Å². The fourth-order valence-corrected chi connectivity index (χ4v) is 2.67. The molecule has 0 aliphatic rings. The van der Waals surface area contributed by atoms with Gasteiger partial charge >= 0.3 is 0 Å². The van der Waals surface area contributed by atoms with E-state index in [1.807, 2.05) is 24.3 Å². The summed E-state index contributed by atoms with van der Waals surface area (Å²) in [6.07, 6.45) is 0.734. The molecule has 2 aromatic carbocycles. The van der Waals surface area contributed by atoms with E-state index in [4.69, 9.17) is 28.2 Å². The Bertz CT molecular complexity index is 745. The first-order chi connectivity index (χ1) is 9.69. The monoisotopic (exact) mass is 304 g/mol. The van der Waals surface area contributed by atoms with Crippen LogP contribution in [0.1, 0.15) is 11.4 Å². The lowest BCUT2D eigenvalue weighted by atomic mass is 10.2. The first-order valence-electron chi connectivity index (χ1n) is 6.49. The first kappa shape index (κ1) is 13.5. The predicted molar refractivity (Wildman–Crippen MR) is 85.2 cm³/mol. The predicted octanol–water partition coefficient (Wildman–Crippen LogP) is 4.77. The molecule has 4 heteroatoms. The van der Waals surface area contributed by atoms with E-state index in [1.54, 1.807) is 0 Å². The number of fused-ring (bicyclic) bond motifs is 1. The van der Waals surface area contributed by atoms with E-state index in [1.165, 1.54) is 5.56 Å². The molecular formula is C16H14Cl2N2. The summed E-state index contributed by atoms with van der Waals surface area (Å²) >= 11 is 11.9. The van der Waals surface area contributed by atoms with Crippen molar-refractivity contribution >= 4 is 34.2 Å². The summed E-state index contributed by atoms with van der Waals surface area (Å²) in [6, 6.07) is 14.1. The highest BCUT2D eigenvalue weighted by Crippen LogP contribution is 2.24. The van der Waals surface area contributed by atoms with Gasteiger partial charge in [0.05, 0.1) is 11.0 Å². The minimum absolute atomic E-state index is 0.551. The van der Waals surface area contributed by atoms with Gasteiger partial charge in [-0.1, -0.05) is 17.7 Å². The number of alkyl halides is 1. The molecule has 0 saturated heterocycles. The molecule has 0 amide bonds. The van der Waals surface area contributed by atoms with E-state index in [2.05, 4.69) is 29.7 Å². The van der Waals surface area contributed by atoms with Crippen LogP contribution in [0.3, 0.4) is 0 Å². The number of aryl methyl sites for hydroxylation is 2. The number of aromatic nitrogens is 2. The number of benzene rings is 2. The second kappa shape index (κ2) is 5.47. The standard InChI is InChI=1S/C16H14Cl2N2/c1-11-2-7-15-14(10-11)19-16(8-9-17)20(15)13-5-3-12(18)4-6-13/h2-7,10H,8-9H2,1H3. The zero-order chi connectivity index (χ0) is 14.1. The van der Waals surface area contributed by atoms with Gasteiger partial charge in [0.2, 0.25) is 0 Å². The Hall–Kier alpha value is -1.51. The maximum atomic E-state index is 5.97. The fraction of sp³-hybridized carbons (Fsp3) is 0.188. The van der Waals surface area contributed by atoms with Crippen molar-refractivity contribution in [2.75, 3.05) is 5.88 Å². The number of imidazole rings is 1. The summed E-state index contributed by atoms with van der Waals surface area (Å²) in [4.78, 5) is 4.71. The lowest BCUT2D eigenvalue weighted by Gasteiger charge is -2.08. The molecule has 1 aromatic heterocycles. The molecule has 0 bridgehead atoms. The van der Waals surface area contributed by atoms with Gasteiger partial charge in [-0.05, 0) is 48.9 Å². The van der Waals surface area contributed by atoms with E-state index in [-0.39, 0.29) is 0 Å². The van der Waals surface area contributed by atoms with E-state index < -0.39 is 0 Å². The van der Waals surface area contributed by atoms with Gasteiger partial charge in [-0.25, -0.2) is 4.98 Å². The van der Waals surface area contributed by atoms with Gasteiger partial charge in [0.1, 0.15) is 5.82 Å². The van der Waals surface area contributed by atoms with Crippen LogP contribution in [-0.2, 0) is 6.42 Å². The number of hydrogen-bond acceptors (Lipinski definition) is 1. The normalized spacial score (nSPS) is 11.2. The van der Waals surface area contributed by atoms with Gasteiger partial charge < -0.3 is 0 Å². The topological polar surface area (TPSA) is 17.8 Å². The molecule has 0 aliphatic carbocycles. The van der Waals surface area contributed by atoms with Gasteiger partial charge in [0.15, 0.2) is 0 Å². The lowest BCUT2D eigenvalue weighted by molar-refractivity contribution is 0.912. The Morgan fingerprint density at radius 2 is 1.85 bits per heavy atom. The minimum atomic E-state index is 0.551. The van der Waals surface area contributed by atoms with Crippen LogP contribution in [0.5, 0.6) is 0 Å². The molecule has 0 atom stereocenters. The fourth-order valence-electron chi connectivity index (χ4n) is 2.37. The third kappa shape index (κ3) is 2.41. The Balaban J connectivity index is 2.25. The lowest BCUT2D eigenvalue weighted by Crippen LogP contribution is -2.01. The molecule has 1 heterocycles. The Morgan fingerprint density at radius 1 is 1.10 bits per heavy atom. The van der Waals surface area contributed by atoms with E-state index in [9.17, 15) is 0 Å². The van der Waals surface area contributed by atoms with Crippen molar-refractivity contribution in [3.63, 3.8) is 0 Å². The highest BCUT2D eigenvalue weighted by molar-refractivity contribution is 6.30. The maximum absolute atomic E-state index is 5.97. The summed E-state index contributed by atoms with van der Waals surface area (Å²) in [5.41, 5.74) is 4.36. The molecule has 102 valence electrons. The minimum Gasteiger partial charge on any atom is -0.296 e. The van der Waals surface area contributed by atoms with E-state index in [0.717, 1.165) is 34.0 Å². The Kier molecular flexibility index (Phi) is 3.68. The molecule has 0 N–H and O–H groups in total. The summed E-state index contributed by atoms with van der Waals surface area (Å²) in [5, 5.41) is 0.730. The Morgan fingerprint density at radius 3 is 2.55 bits per heavy atom. The van der Waals surface area contributed by atoms with Crippen LogP contribution in [0, 0.1) is 6.92 Å². The Labute approximate surface area is 128 Å². The molecule has 0 spiro atoms. The summed E-state index contributed by atoms with van der Waals surface area (Å²) in [5.74, 6) is 1.53. The number of rotatable bonds is 3. The number of nitrogens with zero attached hydrogens (tertiary/aromatic N) is 2. The molecular weight excluding hydrogens is 291 g/mol. The first-order valence-corrected chi connectivity index (χ1v) is 7.40. The SMILES string of the molecule is Cc1ccc2c(c1)nc(CCCl)n2-c1ccc(Cl)cc1. The van der Waals surface area contributed by atoms with Gasteiger partial charge in [-0.3, -0.25) is 4.57 Å². The van der Waals surface area contributed by atoms with Crippen molar-refractivity contribution in [2.24, 2.45) is 0 Å². The summed E-state index contributed by atoms with van der Waals surface area (Å²) in [6.45, 7) is 2.07. The third-order valence-electron chi connectivity index (χ3n) is 3.28. The van der Waals surface area contributed by atoms with Crippen LogP contribution in [0.25, 0.3) is 16.7 Å². The molecule has 0 fully saturated rings. The van der Waals surface area contributed by atoms with Crippen LogP contribution >= 0.6 is 23.2 Å². The smallest absolute Gasteiger partial charge is 0.115 e. The average molecular weight is 305 g/mol. The molecule has 2 nitrogen and oxygen atoms in total. The second-order valence-electron chi connectivity index (χ2n) is 4.77. The van der Waals surface area contributed by atoms with Gasteiger partial charge in [0.25, 0.3) is 0 Å². The highest BCUT2D eigenvalue weighted by Gasteiger charge is 2.12. The molecule has 20 heavy (non-hydrogen) atoms. The molecule has 3 aromatic rings. The van der Waals surface area contributed by atoms with Crippen LogP contribution in [0.4, 0.5) is 0 Å². The second-order valence-corrected chi connectivity index (χ2v) is 5.59. The van der Waals surface area contributed by atoms with Crippen LogP contribution in [-0.4, -0.2) is 15.4 Å². The van der Waals surface area contributed by atoms with Crippen molar-refractivity contribution in [2.45, 2.75) is 13.3 Å². The molecule has 0 aliphatic heterocycles. The number of hydrogen-bond donors (Lipinski definition) is 0. The van der Waals surface area contributed by atoms with Crippen LogP contribution in [0.15, 0.2) is 42.5 Å². The van der Waals surface area contributed by atoms with Crippen LogP contribution in [0.2, 0.25) is 5.02 Å². The van der Waals surface area contributed by atoms with Crippen molar-refractivity contribution in [3.8, 4) is 5.69 Å². The van der Waals surface area contributed by atoms with Crippen LogP contribution < -0.4 is 0 Å². The van der Waals surface area contributed by atoms with Crippen molar-refractivity contribution in [1.29, 1.82) is 0 Å². The maximum Gasteiger partial charge on any atom is 0.115 e.